The fraction of sp³-hybridized carbons (Fsp3) is 0.240. The van der Waals surface area contributed by atoms with Crippen LogP contribution in [0.3, 0.4) is 0 Å². The molecule has 2 aliphatic heterocycles. The predicted octanol–water partition coefficient (Wildman–Crippen LogP) is 3.05. The molecule has 8 heteroatoms. The van der Waals surface area contributed by atoms with Gasteiger partial charge in [-0.3, -0.25) is 14.5 Å². The molecule has 0 radical (unpaired) electrons. The summed E-state index contributed by atoms with van der Waals surface area (Å²) in [6.45, 7) is 4.09. The zero-order chi connectivity index (χ0) is 23.5. The van der Waals surface area contributed by atoms with Gasteiger partial charge in [-0.15, -0.1) is 6.58 Å². The first-order chi connectivity index (χ1) is 15.9. The molecule has 2 aliphatic rings. The fourth-order valence-electron chi connectivity index (χ4n) is 4.25. The van der Waals surface area contributed by atoms with E-state index in [-0.39, 0.29) is 24.4 Å². The number of amides is 4. The number of carbonyl (C=O) groups excluding carboxylic acids is 3. The zero-order valence-corrected chi connectivity index (χ0v) is 19.0. The molecule has 4 amide bonds. The van der Waals surface area contributed by atoms with Crippen molar-refractivity contribution >= 4 is 29.4 Å². The van der Waals surface area contributed by atoms with Gasteiger partial charge in [0.25, 0.3) is 5.91 Å². The standard InChI is InChI=1S/C25H25ClN4O3/c1-3-13-27-23(31)19(14-16-9-5-4-6-10-16)30-15-20-21(24(30)32)22(28-25(33)29(20)2)17-11-7-8-12-18(17)26/h3-12,19,22H,1,13-15H2,2H3,(H,27,31)(H,28,33). The number of nitrogens with one attached hydrogen (secondary N) is 2. The predicted molar refractivity (Wildman–Crippen MR) is 126 cm³/mol. The van der Waals surface area contributed by atoms with E-state index in [4.69, 9.17) is 11.6 Å². The van der Waals surface area contributed by atoms with E-state index in [1.807, 2.05) is 36.4 Å². The van der Waals surface area contributed by atoms with Crippen LogP contribution in [0.4, 0.5) is 4.79 Å². The lowest BCUT2D eigenvalue weighted by atomic mass is 9.95. The van der Waals surface area contributed by atoms with Gasteiger partial charge in [-0.05, 0) is 17.2 Å². The van der Waals surface area contributed by atoms with Crippen LogP contribution in [0.25, 0.3) is 0 Å². The molecule has 0 saturated carbocycles. The first-order valence-corrected chi connectivity index (χ1v) is 11.0. The van der Waals surface area contributed by atoms with E-state index in [1.165, 1.54) is 9.80 Å². The summed E-state index contributed by atoms with van der Waals surface area (Å²) >= 11 is 6.41. The Kier molecular flexibility index (Phi) is 6.51. The molecule has 2 heterocycles. The third-order valence-corrected chi connectivity index (χ3v) is 6.32. The van der Waals surface area contributed by atoms with Crippen molar-refractivity contribution in [2.24, 2.45) is 0 Å². The summed E-state index contributed by atoms with van der Waals surface area (Å²) in [5, 5.41) is 6.15. The van der Waals surface area contributed by atoms with E-state index in [2.05, 4.69) is 17.2 Å². The average molecular weight is 465 g/mol. The maximum Gasteiger partial charge on any atom is 0.322 e. The lowest BCUT2D eigenvalue weighted by Crippen LogP contribution is -2.50. The number of urea groups is 1. The maximum atomic E-state index is 13.7. The van der Waals surface area contributed by atoms with Crippen molar-refractivity contribution in [1.82, 2.24) is 20.4 Å². The molecule has 2 aromatic carbocycles. The Labute approximate surface area is 197 Å². The van der Waals surface area contributed by atoms with Crippen LogP contribution in [0.1, 0.15) is 17.2 Å². The van der Waals surface area contributed by atoms with Crippen LogP contribution in [0, 0.1) is 0 Å². The van der Waals surface area contributed by atoms with E-state index in [0.29, 0.717) is 34.8 Å². The van der Waals surface area contributed by atoms with Gasteiger partial charge in [0.1, 0.15) is 6.04 Å². The monoisotopic (exact) mass is 464 g/mol. The number of rotatable bonds is 7. The third kappa shape index (κ3) is 4.36. The van der Waals surface area contributed by atoms with E-state index < -0.39 is 12.1 Å². The molecular formula is C25H25ClN4O3. The Hall–Kier alpha value is -3.58. The van der Waals surface area contributed by atoms with Crippen LogP contribution in [0.5, 0.6) is 0 Å². The Morgan fingerprint density at radius 3 is 2.61 bits per heavy atom. The molecule has 4 rings (SSSR count). The second-order valence-electron chi connectivity index (χ2n) is 8.00. The van der Waals surface area contributed by atoms with Crippen LogP contribution in [-0.4, -0.2) is 53.8 Å². The molecule has 33 heavy (non-hydrogen) atoms. The van der Waals surface area contributed by atoms with Crippen molar-refractivity contribution in [3.63, 3.8) is 0 Å². The summed E-state index contributed by atoms with van der Waals surface area (Å²) in [7, 11) is 1.62. The normalized spacial score (nSPS) is 18.7. The highest BCUT2D eigenvalue weighted by atomic mass is 35.5. The van der Waals surface area contributed by atoms with E-state index in [1.54, 1.807) is 31.3 Å². The van der Waals surface area contributed by atoms with E-state index >= 15 is 0 Å². The number of nitrogens with zero attached hydrogens (tertiary/aromatic N) is 2. The highest BCUT2D eigenvalue weighted by molar-refractivity contribution is 6.31. The molecule has 0 bridgehead atoms. The molecule has 0 spiro atoms. The first kappa shape index (κ1) is 22.6. The fourth-order valence-corrected chi connectivity index (χ4v) is 4.50. The van der Waals surface area contributed by atoms with Crippen molar-refractivity contribution < 1.29 is 14.4 Å². The minimum absolute atomic E-state index is 0.151. The quantitative estimate of drug-likeness (QED) is 0.618. The van der Waals surface area contributed by atoms with Crippen molar-refractivity contribution in [3.8, 4) is 0 Å². The van der Waals surface area contributed by atoms with Gasteiger partial charge < -0.3 is 15.5 Å². The summed E-state index contributed by atoms with van der Waals surface area (Å²) in [5.74, 6) is -0.570. The molecule has 0 saturated heterocycles. The second-order valence-corrected chi connectivity index (χ2v) is 8.40. The van der Waals surface area contributed by atoms with E-state index in [0.717, 1.165) is 5.56 Å². The number of likely N-dealkylation sites (N-methyl/N-ethyl adjacent to an activating group) is 1. The molecule has 2 unspecified atom stereocenters. The van der Waals surface area contributed by atoms with E-state index in [9.17, 15) is 14.4 Å². The number of carbonyl (C=O) groups is 3. The largest absolute Gasteiger partial charge is 0.351 e. The molecule has 170 valence electrons. The van der Waals surface area contributed by atoms with Gasteiger partial charge in [0.2, 0.25) is 5.91 Å². The van der Waals surface area contributed by atoms with Gasteiger partial charge in [-0.25, -0.2) is 4.79 Å². The molecule has 0 fully saturated rings. The third-order valence-electron chi connectivity index (χ3n) is 5.98. The Balaban J connectivity index is 1.71. The second kappa shape index (κ2) is 9.50. The lowest BCUT2D eigenvalue weighted by Gasteiger charge is -2.31. The Bertz CT molecular complexity index is 1130. The van der Waals surface area contributed by atoms with Crippen LogP contribution in [-0.2, 0) is 16.0 Å². The van der Waals surface area contributed by atoms with Gasteiger partial charge in [0.15, 0.2) is 0 Å². The van der Waals surface area contributed by atoms with Crippen LogP contribution >= 0.6 is 11.6 Å². The van der Waals surface area contributed by atoms with Crippen LogP contribution in [0.2, 0.25) is 5.02 Å². The first-order valence-electron chi connectivity index (χ1n) is 10.7. The molecular weight excluding hydrogens is 440 g/mol. The van der Waals surface area contributed by atoms with Gasteiger partial charge in [0, 0.05) is 25.0 Å². The van der Waals surface area contributed by atoms with Crippen LogP contribution < -0.4 is 10.6 Å². The van der Waals surface area contributed by atoms with Crippen molar-refractivity contribution in [1.29, 1.82) is 0 Å². The Morgan fingerprint density at radius 1 is 1.21 bits per heavy atom. The number of benzene rings is 2. The molecule has 2 aromatic rings. The van der Waals surface area contributed by atoms with Crippen molar-refractivity contribution in [2.75, 3.05) is 20.1 Å². The minimum atomic E-state index is -0.749. The minimum Gasteiger partial charge on any atom is -0.351 e. The smallest absolute Gasteiger partial charge is 0.322 e. The Morgan fingerprint density at radius 2 is 1.91 bits per heavy atom. The molecule has 0 aliphatic carbocycles. The molecule has 0 aromatic heterocycles. The summed E-state index contributed by atoms with van der Waals surface area (Å²) < 4.78 is 0. The summed E-state index contributed by atoms with van der Waals surface area (Å²) in [5.41, 5.74) is 2.57. The number of hydrogen-bond acceptors (Lipinski definition) is 3. The van der Waals surface area contributed by atoms with Gasteiger partial charge in [0.05, 0.1) is 23.9 Å². The SMILES string of the molecule is C=CCNC(=O)C(Cc1ccccc1)N1CC2=C(C1=O)C(c1ccccc1Cl)NC(=O)N2C. The number of hydrogen-bond donors (Lipinski definition) is 2. The molecule has 2 atom stereocenters. The summed E-state index contributed by atoms with van der Waals surface area (Å²) in [6, 6.07) is 14.9. The topological polar surface area (TPSA) is 81.8 Å². The van der Waals surface area contributed by atoms with Crippen LogP contribution in [0.15, 0.2) is 78.5 Å². The van der Waals surface area contributed by atoms with Gasteiger partial charge in [-0.2, -0.15) is 0 Å². The highest BCUT2D eigenvalue weighted by Gasteiger charge is 2.46. The summed E-state index contributed by atoms with van der Waals surface area (Å²) in [4.78, 5) is 42.5. The molecule has 7 nitrogen and oxygen atoms in total. The zero-order valence-electron chi connectivity index (χ0n) is 18.3. The molecule has 2 N–H and O–H groups in total. The van der Waals surface area contributed by atoms with Crippen molar-refractivity contribution in [3.05, 3.63) is 94.7 Å². The van der Waals surface area contributed by atoms with Gasteiger partial charge >= 0.3 is 6.03 Å². The number of halogens is 1. The maximum absolute atomic E-state index is 13.7. The average Bonchev–Trinajstić information content (AvgIpc) is 3.16. The van der Waals surface area contributed by atoms with Crippen molar-refractivity contribution in [2.45, 2.75) is 18.5 Å². The lowest BCUT2D eigenvalue weighted by molar-refractivity contribution is -0.136. The highest BCUT2D eigenvalue weighted by Crippen LogP contribution is 2.38. The summed E-state index contributed by atoms with van der Waals surface area (Å²) in [6.07, 6.45) is 1.94. The van der Waals surface area contributed by atoms with Gasteiger partial charge in [-0.1, -0.05) is 66.2 Å².